The number of carbonyl (C=O) groups excluding carboxylic acids is 6. The molecule has 0 atom stereocenters. The van der Waals surface area contributed by atoms with Crippen LogP contribution in [-0.2, 0) is 28.8 Å². The molecule has 0 unspecified atom stereocenters. The molecule has 0 N–H and O–H groups in total. The van der Waals surface area contributed by atoms with Crippen LogP contribution < -0.4 is 0 Å². The summed E-state index contributed by atoms with van der Waals surface area (Å²) in [6, 6.07) is 0. The summed E-state index contributed by atoms with van der Waals surface area (Å²) in [4.78, 5) is 66.2. The first-order chi connectivity index (χ1) is 24.1. The van der Waals surface area contributed by atoms with Gasteiger partial charge < -0.3 is 0 Å². The number of rotatable bonds is 12. The minimum atomic E-state index is -6.59. The molecule has 0 aliphatic carbocycles. The van der Waals surface area contributed by atoms with Gasteiger partial charge in [-0.3, -0.25) is 28.8 Å². The molecule has 0 bridgehead atoms. The van der Waals surface area contributed by atoms with Gasteiger partial charge in [0.1, 0.15) is 17.3 Å². The van der Waals surface area contributed by atoms with Crippen molar-refractivity contribution >= 4 is 34.7 Å². The van der Waals surface area contributed by atoms with E-state index in [-0.39, 0.29) is 40.8 Å². The van der Waals surface area contributed by atoms with Crippen LogP contribution in [0.15, 0.2) is 0 Å². The van der Waals surface area contributed by atoms with Crippen molar-refractivity contribution in [3.8, 4) is 0 Å². The van der Waals surface area contributed by atoms with E-state index in [4.69, 9.17) is 0 Å². The summed E-state index contributed by atoms with van der Waals surface area (Å²) in [7, 11) is 0. The predicted molar refractivity (Wildman–Crippen MR) is 150 cm³/mol. The van der Waals surface area contributed by atoms with Crippen LogP contribution in [0.5, 0.6) is 0 Å². The first-order valence-electron chi connectivity index (χ1n) is 14.8. The Hall–Kier alpha value is -2.10. The zero-order valence-electron chi connectivity index (χ0n) is 31.0. The fourth-order valence-electron chi connectivity index (χ4n) is 2.63. The topological polar surface area (TPSA) is 102 Å². The van der Waals surface area contributed by atoms with Crippen molar-refractivity contribution in [2.24, 2.45) is 16.2 Å². The average molecular weight is 1030 g/mol. The molecule has 0 aromatic carbocycles. The maximum atomic E-state index is 12.9. The minimum absolute atomic E-state index is 0. The van der Waals surface area contributed by atoms with Gasteiger partial charge in [0.15, 0.2) is 0 Å². The number of halogens is 21. The largest absolute Gasteiger partial charge is 0.460 e. The molecule has 58 heavy (non-hydrogen) atoms. The maximum Gasteiger partial charge on any atom is 0.460 e. The molecule has 6 nitrogen and oxygen atoms in total. The molecular formula is C30H33F21NdO6. The number of alkyl halides is 21. The molecule has 0 aliphatic rings. The Morgan fingerprint density at radius 1 is 0.276 bits per heavy atom. The van der Waals surface area contributed by atoms with Crippen LogP contribution in [0.4, 0.5) is 92.2 Å². The fourth-order valence-corrected chi connectivity index (χ4v) is 2.63. The summed E-state index contributed by atoms with van der Waals surface area (Å²) in [5.74, 6) is -49.2. The summed E-state index contributed by atoms with van der Waals surface area (Å²) in [5, 5.41) is 0. The van der Waals surface area contributed by atoms with E-state index in [1.54, 1.807) is 0 Å². The second-order valence-electron chi connectivity index (χ2n) is 14.8. The molecule has 0 amide bonds. The van der Waals surface area contributed by atoms with Gasteiger partial charge in [-0.05, 0) is 0 Å². The van der Waals surface area contributed by atoms with Gasteiger partial charge in [-0.15, -0.1) is 0 Å². The van der Waals surface area contributed by atoms with Gasteiger partial charge >= 0.3 is 54.1 Å². The zero-order chi connectivity index (χ0) is 47.6. The molecular weight excluding hydrogens is 1000 g/mol. The van der Waals surface area contributed by atoms with E-state index in [0.717, 1.165) is 0 Å². The number of carbonyl (C=O) groups is 6. The SMILES string of the molecule is CC(C)(C)C(=O)CC(=O)C(F)(F)C(F)(F)C(F)(F)F.CC(C)(C)C(=O)CC(=O)C(F)(F)C(F)(F)C(F)(F)F.CC(C)(C)C(=O)CC(=O)C(F)(F)C(F)(F)C(F)(F)F.[Nd]. The van der Waals surface area contributed by atoms with Crippen LogP contribution in [0.2, 0.25) is 0 Å². The van der Waals surface area contributed by atoms with E-state index >= 15 is 0 Å². The summed E-state index contributed by atoms with van der Waals surface area (Å²) in [6.45, 7) is 10.9. The van der Waals surface area contributed by atoms with Crippen molar-refractivity contribution < 1.29 is 162 Å². The van der Waals surface area contributed by atoms with E-state index in [0.29, 0.717) is 0 Å². The van der Waals surface area contributed by atoms with Crippen LogP contribution in [-0.4, -0.2) is 88.8 Å². The Labute approximate surface area is 347 Å². The van der Waals surface area contributed by atoms with Crippen LogP contribution >= 0.6 is 0 Å². The third-order valence-electron chi connectivity index (χ3n) is 6.77. The van der Waals surface area contributed by atoms with Gasteiger partial charge in [0.05, 0.1) is 19.3 Å². The van der Waals surface area contributed by atoms with Gasteiger partial charge in [-0.1, -0.05) is 62.3 Å². The molecule has 28 heteroatoms. The van der Waals surface area contributed by atoms with E-state index in [1.165, 1.54) is 62.3 Å². The third kappa shape index (κ3) is 15.1. The van der Waals surface area contributed by atoms with Crippen molar-refractivity contribution in [2.45, 2.75) is 136 Å². The van der Waals surface area contributed by atoms with Gasteiger partial charge in [0.25, 0.3) is 0 Å². The number of hydrogen-bond donors (Lipinski definition) is 0. The Kier molecular flexibility index (Phi) is 20.8. The predicted octanol–water partition coefficient (Wildman–Crippen LogP) is 10.2. The molecule has 0 saturated carbocycles. The smallest absolute Gasteiger partial charge is 0.299 e. The fraction of sp³-hybridized carbons (Fsp3) is 0.800. The molecule has 0 aliphatic heterocycles. The quantitative estimate of drug-likeness (QED) is 0.143. The van der Waals surface area contributed by atoms with Crippen molar-refractivity contribution in [2.75, 3.05) is 0 Å². The number of ketones is 6. The summed E-state index contributed by atoms with van der Waals surface area (Å²) in [5.41, 5.74) is -3.92. The standard InChI is InChI=1S/3C10H11F7O2.Nd/c3*1-7(2,3)5(18)4-6(19)8(11,12)9(13,14)10(15,16)17;/h3*4H2,1-3H3;. The third-order valence-corrected chi connectivity index (χ3v) is 6.77. The average Bonchev–Trinajstić information content (AvgIpc) is 2.93. The van der Waals surface area contributed by atoms with Gasteiger partial charge in [0, 0.05) is 57.1 Å². The Balaban J connectivity index is -0.000000374. The van der Waals surface area contributed by atoms with E-state index in [2.05, 4.69) is 0 Å². The molecule has 340 valence electrons. The first-order valence-corrected chi connectivity index (χ1v) is 14.8. The van der Waals surface area contributed by atoms with Gasteiger partial charge in [-0.2, -0.15) is 92.2 Å². The molecule has 0 spiro atoms. The zero-order valence-corrected chi connectivity index (χ0v) is 34.2. The second-order valence-corrected chi connectivity index (χ2v) is 14.8. The van der Waals surface area contributed by atoms with Gasteiger partial charge in [-0.25, -0.2) is 0 Å². The Morgan fingerprint density at radius 3 is 0.483 bits per heavy atom. The molecule has 0 heterocycles. The molecule has 0 aromatic rings. The van der Waals surface area contributed by atoms with Crippen LogP contribution in [0, 0.1) is 57.1 Å². The molecule has 0 saturated heterocycles. The molecule has 0 radical (unpaired) electrons. The van der Waals surface area contributed by atoms with Gasteiger partial charge in [0.2, 0.25) is 17.3 Å². The summed E-state index contributed by atoms with van der Waals surface area (Å²) >= 11 is 0. The van der Waals surface area contributed by atoms with Crippen molar-refractivity contribution in [3.05, 3.63) is 0 Å². The van der Waals surface area contributed by atoms with Crippen molar-refractivity contribution in [3.63, 3.8) is 0 Å². The Morgan fingerprint density at radius 2 is 0.397 bits per heavy atom. The van der Waals surface area contributed by atoms with Crippen LogP contribution in [0.1, 0.15) is 81.6 Å². The van der Waals surface area contributed by atoms with Crippen molar-refractivity contribution in [1.29, 1.82) is 0 Å². The number of hydrogen-bond acceptors (Lipinski definition) is 6. The first kappa shape index (κ1) is 62.5. The normalized spacial score (nSPS) is 14.2. The Bertz CT molecular complexity index is 1310. The van der Waals surface area contributed by atoms with E-state index in [9.17, 15) is 121 Å². The molecule has 0 fully saturated rings. The molecule has 0 rings (SSSR count). The number of Topliss-reactive ketones (excluding diaryl/α,β-unsaturated/α-hetero) is 6. The summed E-state index contributed by atoms with van der Waals surface area (Å²) in [6.07, 6.45) is -24.8. The minimum Gasteiger partial charge on any atom is -0.299 e. The molecule has 0 aromatic heterocycles. The van der Waals surface area contributed by atoms with Crippen LogP contribution in [0.3, 0.4) is 0 Å². The monoisotopic (exact) mass is 1030 g/mol. The second kappa shape index (κ2) is 19.3. The summed E-state index contributed by atoms with van der Waals surface area (Å²) < 4.78 is 258. The maximum absolute atomic E-state index is 12.9. The van der Waals surface area contributed by atoms with E-state index < -0.39 is 124 Å². The van der Waals surface area contributed by atoms with E-state index in [1.807, 2.05) is 0 Å². The van der Waals surface area contributed by atoms with Crippen LogP contribution in [0.25, 0.3) is 0 Å². The van der Waals surface area contributed by atoms with Crippen molar-refractivity contribution in [1.82, 2.24) is 0 Å².